The Kier molecular flexibility index (Phi) is 7.30. The summed E-state index contributed by atoms with van der Waals surface area (Å²) in [6.07, 6.45) is -1.42. The average molecular weight is 587 g/mol. The van der Waals surface area contributed by atoms with E-state index in [-0.39, 0.29) is 41.0 Å². The van der Waals surface area contributed by atoms with Gasteiger partial charge in [-0.3, -0.25) is 9.36 Å². The molecule has 4 aromatic rings. The van der Waals surface area contributed by atoms with Gasteiger partial charge in [0, 0.05) is 23.1 Å². The zero-order valence-corrected chi connectivity index (χ0v) is 23.7. The van der Waals surface area contributed by atoms with Crippen LogP contribution in [0.25, 0.3) is 22.6 Å². The lowest BCUT2D eigenvalue weighted by Crippen LogP contribution is -2.35. The van der Waals surface area contributed by atoms with Crippen LogP contribution in [0.1, 0.15) is 61.3 Å². The third-order valence-electron chi connectivity index (χ3n) is 7.20. The van der Waals surface area contributed by atoms with Crippen LogP contribution in [0.4, 0.5) is 19.0 Å². The van der Waals surface area contributed by atoms with Crippen LogP contribution in [-0.2, 0) is 16.3 Å². The molecule has 2 atom stereocenters. The normalized spacial score (nSPS) is 16.0. The van der Waals surface area contributed by atoms with Crippen molar-refractivity contribution in [2.75, 3.05) is 11.1 Å². The maximum Gasteiger partial charge on any atom is 0.409 e. The summed E-state index contributed by atoms with van der Waals surface area (Å²) in [5.41, 5.74) is 1.70. The number of hydrogen-bond acceptors (Lipinski definition) is 9. The molecule has 3 heterocycles. The van der Waals surface area contributed by atoms with Crippen molar-refractivity contribution >= 4 is 26.7 Å². The molecule has 0 spiro atoms. The monoisotopic (exact) mass is 586 g/mol. The number of nitrogens with zero attached hydrogens (tertiary/aromatic N) is 6. The fourth-order valence-corrected chi connectivity index (χ4v) is 5.48. The minimum atomic E-state index is -4.74. The summed E-state index contributed by atoms with van der Waals surface area (Å²) in [5, 5.41) is 2.85. The molecule has 0 amide bonds. The second-order valence-electron chi connectivity index (χ2n) is 10.1. The maximum atomic E-state index is 14.1. The first-order chi connectivity index (χ1) is 19.3. The molecule has 0 aliphatic heterocycles. The van der Waals surface area contributed by atoms with Crippen LogP contribution in [0.15, 0.2) is 40.3 Å². The summed E-state index contributed by atoms with van der Waals surface area (Å²) in [6.45, 7) is 6.00. The quantitative estimate of drug-likeness (QED) is 0.284. The Balaban J connectivity index is 1.61. The number of alkyl halides is 3. The van der Waals surface area contributed by atoms with Gasteiger partial charge in [-0.1, -0.05) is 19.1 Å². The first-order valence-corrected chi connectivity index (χ1v) is 14.8. The van der Waals surface area contributed by atoms with Crippen molar-refractivity contribution in [1.82, 2.24) is 29.5 Å². The van der Waals surface area contributed by atoms with Gasteiger partial charge in [-0.25, -0.2) is 33.9 Å². The SMILES string of the molecule is CCS(=N)(=O)c1ccc(CNc2nc3c(C)nc(-c4c(C)ncnc4C4CC4)nc3n([C@@H](C)C(F)(F)F)c2=O)cc1. The predicted octanol–water partition coefficient (Wildman–Crippen LogP) is 5.30. The maximum absolute atomic E-state index is 14.1. The van der Waals surface area contributed by atoms with Gasteiger partial charge >= 0.3 is 6.18 Å². The standard InChI is InChI=1S/C27H29F3N8O2S/c1-5-41(31,40)19-10-6-17(7-11-19)12-32-24-26(39)38(16(4)27(28,29)30)25-21(36-24)15(3)35-23(37-25)20-14(2)33-13-34-22(20)18-8-9-18/h6-7,10-11,13,16,18,31H,5,8-9,12H2,1-4H3,(H,32,36)/t16-,41?/m0/s1. The van der Waals surface area contributed by atoms with Crippen molar-refractivity contribution in [3.63, 3.8) is 0 Å². The van der Waals surface area contributed by atoms with Crippen molar-refractivity contribution in [1.29, 1.82) is 4.78 Å². The smallest absolute Gasteiger partial charge is 0.361 e. The lowest BCUT2D eigenvalue weighted by molar-refractivity contribution is -0.162. The second-order valence-corrected chi connectivity index (χ2v) is 12.5. The molecule has 1 aliphatic carbocycles. The van der Waals surface area contributed by atoms with E-state index in [0.717, 1.165) is 25.5 Å². The number of rotatable bonds is 8. The summed E-state index contributed by atoms with van der Waals surface area (Å²) >= 11 is 0. The van der Waals surface area contributed by atoms with Crippen molar-refractivity contribution in [2.24, 2.45) is 0 Å². The Hall–Kier alpha value is -3.94. The minimum Gasteiger partial charge on any atom is -0.361 e. The number of benzene rings is 1. The molecule has 0 saturated heterocycles. The molecule has 1 unspecified atom stereocenters. The Morgan fingerprint density at radius 3 is 2.39 bits per heavy atom. The lowest BCUT2D eigenvalue weighted by Gasteiger charge is -2.22. The summed E-state index contributed by atoms with van der Waals surface area (Å²) in [6, 6.07) is 4.23. The largest absolute Gasteiger partial charge is 0.409 e. The number of aryl methyl sites for hydroxylation is 2. The van der Waals surface area contributed by atoms with Crippen LogP contribution in [-0.4, -0.2) is 45.6 Å². The molecule has 10 nitrogen and oxygen atoms in total. The van der Waals surface area contributed by atoms with E-state index >= 15 is 0 Å². The lowest BCUT2D eigenvalue weighted by atomic mass is 10.1. The number of hydrogen-bond donors (Lipinski definition) is 2. The molecular formula is C27H29F3N8O2S. The molecule has 14 heteroatoms. The number of nitrogens with one attached hydrogen (secondary N) is 2. The van der Waals surface area contributed by atoms with Crippen molar-refractivity contribution in [3.05, 3.63) is 63.6 Å². The zero-order chi connectivity index (χ0) is 29.7. The molecule has 0 radical (unpaired) electrons. The zero-order valence-electron chi connectivity index (χ0n) is 22.9. The molecule has 1 saturated carbocycles. The molecule has 1 aromatic carbocycles. The highest BCUT2D eigenvalue weighted by Crippen LogP contribution is 2.43. The number of anilines is 1. The van der Waals surface area contributed by atoms with E-state index in [1.807, 2.05) is 0 Å². The van der Waals surface area contributed by atoms with Gasteiger partial charge < -0.3 is 5.32 Å². The van der Waals surface area contributed by atoms with Gasteiger partial charge in [0.05, 0.1) is 32.4 Å². The number of fused-ring (bicyclic) bond motifs is 1. The first kappa shape index (κ1) is 28.6. The number of halogens is 3. The van der Waals surface area contributed by atoms with Crippen LogP contribution in [0.5, 0.6) is 0 Å². The fraction of sp³-hybridized carbons (Fsp3) is 0.407. The van der Waals surface area contributed by atoms with Gasteiger partial charge in [-0.05, 0) is 51.3 Å². The molecule has 3 aromatic heterocycles. The average Bonchev–Trinajstić information content (AvgIpc) is 3.77. The molecule has 216 valence electrons. The van der Waals surface area contributed by atoms with E-state index in [2.05, 4.69) is 30.2 Å². The first-order valence-electron chi connectivity index (χ1n) is 13.1. The summed E-state index contributed by atoms with van der Waals surface area (Å²) < 4.78 is 63.0. The summed E-state index contributed by atoms with van der Waals surface area (Å²) in [4.78, 5) is 36.0. The summed E-state index contributed by atoms with van der Waals surface area (Å²) in [7, 11) is -2.89. The Morgan fingerprint density at radius 1 is 1.10 bits per heavy atom. The van der Waals surface area contributed by atoms with Gasteiger partial charge in [0.1, 0.15) is 17.9 Å². The highest BCUT2D eigenvalue weighted by molar-refractivity contribution is 7.92. The Labute approximate surface area is 234 Å². The third-order valence-corrected chi connectivity index (χ3v) is 9.05. The summed E-state index contributed by atoms with van der Waals surface area (Å²) in [5.74, 6) is 0.242. The van der Waals surface area contributed by atoms with Gasteiger partial charge in [0.25, 0.3) is 5.56 Å². The molecular weight excluding hydrogens is 557 g/mol. The number of aromatic nitrogens is 6. The van der Waals surface area contributed by atoms with Gasteiger partial charge in [-0.2, -0.15) is 13.2 Å². The second kappa shape index (κ2) is 10.5. The van der Waals surface area contributed by atoms with Crippen LogP contribution in [0, 0.1) is 18.6 Å². The fourth-order valence-electron chi connectivity index (χ4n) is 4.57. The van der Waals surface area contributed by atoms with E-state index in [4.69, 9.17) is 4.78 Å². The van der Waals surface area contributed by atoms with Crippen molar-refractivity contribution in [2.45, 2.75) is 70.1 Å². The Morgan fingerprint density at radius 2 is 1.78 bits per heavy atom. The van der Waals surface area contributed by atoms with Crippen molar-refractivity contribution in [3.8, 4) is 11.4 Å². The third kappa shape index (κ3) is 5.52. The Bertz CT molecular complexity index is 1800. The molecule has 0 bridgehead atoms. The van der Waals surface area contributed by atoms with Gasteiger partial charge in [0.15, 0.2) is 17.3 Å². The molecule has 5 rings (SSSR count). The van der Waals surface area contributed by atoms with E-state index in [1.165, 1.54) is 6.33 Å². The molecule has 1 aliphatic rings. The van der Waals surface area contributed by atoms with E-state index in [9.17, 15) is 22.2 Å². The highest BCUT2D eigenvalue weighted by atomic mass is 32.2. The molecule has 1 fully saturated rings. The van der Waals surface area contributed by atoms with Crippen LogP contribution >= 0.6 is 0 Å². The van der Waals surface area contributed by atoms with Crippen LogP contribution in [0.2, 0.25) is 0 Å². The van der Waals surface area contributed by atoms with E-state index < -0.39 is 27.5 Å². The van der Waals surface area contributed by atoms with Crippen LogP contribution in [0.3, 0.4) is 0 Å². The van der Waals surface area contributed by atoms with Crippen LogP contribution < -0.4 is 10.9 Å². The molecule has 2 N–H and O–H groups in total. The van der Waals surface area contributed by atoms with Gasteiger partial charge in [-0.15, -0.1) is 0 Å². The van der Waals surface area contributed by atoms with Crippen molar-refractivity contribution < 1.29 is 17.4 Å². The predicted molar refractivity (Wildman–Crippen MR) is 148 cm³/mol. The van der Waals surface area contributed by atoms with E-state index in [0.29, 0.717) is 32.0 Å². The van der Waals surface area contributed by atoms with E-state index in [1.54, 1.807) is 45.0 Å². The minimum absolute atomic E-state index is 0.0571. The molecule has 41 heavy (non-hydrogen) atoms. The highest BCUT2D eigenvalue weighted by Gasteiger charge is 2.40. The topological polar surface area (TPSA) is 139 Å². The van der Waals surface area contributed by atoms with Gasteiger partial charge in [0.2, 0.25) is 0 Å².